The van der Waals surface area contributed by atoms with Crippen LogP contribution in [0.5, 0.6) is 5.75 Å². The molecule has 0 spiro atoms. The number of hydrogen-bond acceptors (Lipinski definition) is 4. The lowest BCUT2D eigenvalue weighted by Crippen LogP contribution is -2.11. The maximum Gasteiger partial charge on any atom is 0.344 e. The molecule has 0 aromatic heterocycles. The number of rotatable bonds is 6. The maximum atomic E-state index is 11.9. The number of anilines is 1. The van der Waals surface area contributed by atoms with Gasteiger partial charge in [0.05, 0.1) is 13.7 Å². The molecule has 0 bridgehead atoms. The Morgan fingerprint density at radius 1 is 1.39 bits per heavy atom. The zero-order chi connectivity index (χ0) is 13.5. The third kappa shape index (κ3) is 3.95. The van der Waals surface area contributed by atoms with Crippen molar-refractivity contribution in [3.8, 4) is 5.75 Å². The molecule has 0 fully saturated rings. The van der Waals surface area contributed by atoms with Crippen LogP contribution in [0.15, 0.2) is 18.2 Å². The van der Waals surface area contributed by atoms with Crippen LogP contribution in [0.25, 0.3) is 0 Å². The maximum absolute atomic E-state index is 11.9. The summed E-state index contributed by atoms with van der Waals surface area (Å²) >= 11 is 0. The van der Waals surface area contributed by atoms with Gasteiger partial charge in [0.2, 0.25) is 0 Å². The highest BCUT2D eigenvalue weighted by molar-refractivity contribution is 5.98. The fraction of sp³-hybridized carbons (Fsp3) is 0.500. The van der Waals surface area contributed by atoms with E-state index in [2.05, 4.69) is 13.8 Å². The highest BCUT2D eigenvalue weighted by atomic mass is 16.5. The lowest BCUT2D eigenvalue weighted by atomic mass is 10.1. The molecule has 0 aliphatic heterocycles. The minimum absolute atomic E-state index is 0.310. The molecule has 4 heteroatoms. The summed E-state index contributed by atoms with van der Waals surface area (Å²) in [5, 5.41) is 0. The molecule has 4 nitrogen and oxygen atoms in total. The van der Waals surface area contributed by atoms with Gasteiger partial charge in [-0.1, -0.05) is 19.9 Å². The predicted octanol–water partition coefficient (Wildman–Crippen LogP) is 2.87. The minimum Gasteiger partial charge on any atom is -0.496 e. The van der Waals surface area contributed by atoms with Crippen LogP contribution in [0.1, 0.15) is 37.0 Å². The van der Waals surface area contributed by atoms with Crippen molar-refractivity contribution in [2.75, 3.05) is 19.5 Å². The van der Waals surface area contributed by atoms with E-state index >= 15 is 0 Å². The number of nitrogen functional groups attached to an aromatic ring is 1. The standard InChI is InChI=1S/C14H21NO3/c1-10(2)6-5-9-18-14(16)13-11(15)7-4-8-12(13)17-3/h4,7-8,10H,5-6,9,15H2,1-3H3. The van der Waals surface area contributed by atoms with Gasteiger partial charge in [-0.3, -0.25) is 0 Å². The smallest absolute Gasteiger partial charge is 0.344 e. The van der Waals surface area contributed by atoms with Gasteiger partial charge >= 0.3 is 5.97 Å². The van der Waals surface area contributed by atoms with E-state index < -0.39 is 5.97 Å². The Kier molecular flexibility index (Phi) is 5.49. The van der Waals surface area contributed by atoms with Crippen molar-refractivity contribution >= 4 is 11.7 Å². The Morgan fingerprint density at radius 3 is 2.72 bits per heavy atom. The van der Waals surface area contributed by atoms with E-state index in [1.54, 1.807) is 18.2 Å². The predicted molar refractivity (Wildman–Crippen MR) is 71.8 cm³/mol. The van der Waals surface area contributed by atoms with Crippen LogP contribution >= 0.6 is 0 Å². The van der Waals surface area contributed by atoms with Crippen LogP contribution in [-0.4, -0.2) is 19.7 Å². The third-order valence-electron chi connectivity index (χ3n) is 2.64. The van der Waals surface area contributed by atoms with Gasteiger partial charge in [-0.05, 0) is 30.9 Å². The van der Waals surface area contributed by atoms with Gasteiger partial charge in [-0.2, -0.15) is 0 Å². The van der Waals surface area contributed by atoms with Crippen LogP contribution in [0, 0.1) is 5.92 Å². The van der Waals surface area contributed by atoms with Crippen LogP contribution in [0.3, 0.4) is 0 Å². The average molecular weight is 251 g/mol. The van der Waals surface area contributed by atoms with Crippen molar-refractivity contribution in [2.24, 2.45) is 5.92 Å². The molecular formula is C14H21NO3. The second-order valence-corrected chi connectivity index (χ2v) is 4.60. The van der Waals surface area contributed by atoms with E-state index in [4.69, 9.17) is 15.2 Å². The van der Waals surface area contributed by atoms with Crippen LogP contribution in [0.4, 0.5) is 5.69 Å². The number of carbonyl (C=O) groups is 1. The molecule has 0 unspecified atom stereocenters. The van der Waals surface area contributed by atoms with Crippen molar-refractivity contribution in [2.45, 2.75) is 26.7 Å². The molecule has 0 aliphatic rings. The van der Waals surface area contributed by atoms with Crippen LogP contribution in [0.2, 0.25) is 0 Å². The number of methoxy groups -OCH3 is 1. The van der Waals surface area contributed by atoms with Crippen molar-refractivity contribution in [3.05, 3.63) is 23.8 Å². The second-order valence-electron chi connectivity index (χ2n) is 4.60. The summed E-state index contributed by atoms with van der Waals surface area (Å²) < 4.78 is 10.3. The first-order chi connectivity index (χ1) is 8.56. The number of esters is 1. The molecule has 2 N–H and O–H groups in total. The topological polar surface area (TPSA) is 61.5 Å². The quantitative estimate of drug-likeness (QED) is 0.480. The summed E-state index contributed by atoms with van der Waals surface area (Å²) in [6.45, 7) is 4.69. The largest absolute Gasteiger partial charge is 0.496 e. The average Bonchev–Trinajstić information content (AvgIpc) is 2.33. The molecule has 0 radical (unpaired) electrons. The number of benzene rings is 1. The Bertz CT molecular complexity index is 402. The normalized spacial score (nSPS) is 10.4. The molecule has 0 amide bonds. The number of hydrogen-bond donors (Lipinski definition) is 1. The zero-order valence-corrected chi connectivity index (χ0v) is 11.2. The minimum atomic E-state index is -0.422. The Labute approximate surface area is 108 Å². The summed E-state index contributed by atoms with van der Waals surface area (Å²) in [6.07, 6.45) is 1.90. The molecule has 1 aromatic rings. The fourth-order valence-corrected chi connectivity index (χ4v) is 1.67. The fourth-order valence-electron chi connectivity index (χ4n) is 1.67. The number of nitrogens with two attached hydrogens (primary N) is 1. The first-order valence-electron chi connectivity index (χ1n) is 6.15. The van der Waals surface area contributed by atoms with E-state index in [0.717, 1.165) is 12.8 Å². The van der Waals surface area contributed by atoms with E-state index in [1.165, 1.54) is 7.11 Å². The van der Waals surface area contributed by atoms with E-state index in [9.17, 15) is 4.79 Å². The zero-order valence-electron chi connectivity index (χ0n) is 11.2. The number of ether oxygens (including phenoxy) is 2. The van der Waals surface area contributed by atoms with E-state index in [0.29, 0.717) is 29.5 Å². The second kappa shape index (κ2) is 6.89. The Morgan fingerprint density at radius 2 is 2.11 bits per heavy atom. The molecule has 1 aromatic carbocycles. The van der Waals surface area contributed by atoms with Crippen molar-refractivity contribution in [1.82, 2.24) is 0 Å². The van der Waals surface area contributed by atoms with Crippen molar-refractivity contribution < 1.29 is 14.3 Å². The van der Waals surface area contributed by atoms with Crippen LogP contribution < -0.4 is 10.5 Å². The molecule has 0 saturated carbocycles. The van der Waals surface area contributed by atoms with Gasteiger partial charge in [0.1, 0.15) is 11.3 Å². The van der Waals surface area contributed by atoms with Gasteiger partial charge in [0.15, 0.2) is 0 Å². The monoisotopic (exact) mass is 251 g/mol. The number of carbonyl (C=O) groups excluding carboxylic acids is 1. The third-order valence-corrected chi connectivity index (χ3v) is 2.64. The first-order valence-corrected chi connectivity index (χ1v) is 6.15. The lowest BCUT2D eigenvalue weighted by Gasteiger charge is -2.11. The summed E-state index contributed by atoms with van der Waals surface area (Å²) in [7, 11) is 1.50. The SMILES string of the molecule is COc1cccc(N)c1C(=O)OCCCC(C)C. The van der Waals surface area contributed by atoms with Crippen LogP contribution in [-0.2, 0) is 4.74 Å². The molecule has 0 aliphatic carbocycles. The summed E-state index contributed by atoms with van der Waals surface area (Å²) in [4.78, 5) is 11.9. The summed E-state index contributed by atoms with van der Waals surface area (Å²) in [5.41, 5.74) is 6.46. The van der Waals surface area contributed by atoms with Gasteiger partial charge in [-0.25, -0.2) is 4.79 Å². The van der Waals surface area contributed by atoms with Gasteiger partial charge < -0.3 is 15.2 Å². The summed E-state index contributed by atoms with van der Waals surface area (Å²) in [5.74, 6) is 0.637. The van der Waals surface area contributed by atoms with Gasteiger partial charge in [-0.15, -0.1) is 0 Å². The van der Waals surface area contributed by atoms with Crippen molar-refractivity contribution in [3.63, 3.8) is 0 Å². The molecule has 0 heterocycles. The van der Waals surface area contributed by atoms with Crippen molar-refractivity contribution in [1.29, 1.82) is 0 Å². The highest BCUT2D eigenvalue weighted by Crippen LogP contribution is 2.24. The lowest BCUT2D eigenvalue weighted by molar-refractivity contribution is 0.0492. The highest BCUT2D eigenvalue weighted by Gasteiger charge is 2.16. The molecule has 0 atom stereocenters. The molecule has 1 rings (SSSR count). The van der Waals surface area contributed by atoms with E-state index in [1.807, 2.05) is 0 Å². The molecular weight excluding hydrogens is 230 g/mol. The molecule has 18 heavy (non-hydrogen) atoms. The van der Waals surface area contributed by atoms with Gasteiger partial charge in [0, 0.05) is 5.69 Å². The van der Waals surface area contributed by atoms with Gasteiger partial charge in [0.25, 0.3) is 0 Å². The molecule has 0 saturated heterocycles. The first kappa shape index (κ1) is 14.4. The Balaban J connectivity index is 2.61. The summed E-state index contributed by atoms with van der Waals surface area (Å²) in [6, 6.07) is 5.10. The molecule has 100 valence electrons. The Hall–Kier alpha value is -1.71. The van der Waals surface area contributed by atoms with E-state index in [-0.39, 0.29) is 0 Å².